The lowest BCUT2D eigenvalue weighted by Crippen LogP contribution is -1.94. The molecule has 1 heterocycles. The van der Waals surface area contributed by atoms with Crippen molar-refractivity contribution in [3.63, 3.8) is 0 Å². The van der Waals surface area contributed by atoms with Gasteiger partial charge < -0.3 is 5.32 Å². The van der Waals surface area contributed by atoms with E-state index in [2.05, 4.69) is 15.5 Å². The van der Waals surface area contributed by atoms with Crippen LogP contribution in [0, 0.1) is 0 Å². The van der Waals surface area contributed by atoms with Crippen molar-refractivity contribution in [2.45, 2.75) is 0 Å². The molecule has 0 fully saturated rings. The standard InChI is InChI=1S/C10H5Cl4N3/c11-6-2-1-5(3-7(6)12)15-8-4-9(13)16-17-10(8)14/h1-4H,(H,15,16). The van der Waals surface area contributed by atoms with Crippen molar-refractivity contribution < 1.29 is 0 Å². The molecule has 2 aromatic rings. The SMILES string of the molecule is Clc1cc(Nc2ccc(Cl)c(Cl)c2)c(Cl)nn1. The van der Waals surface area contributed by atoms with E-state index in [1.165, 1.54) is 0 Å². The van der Waals surface area contributed by atoms with Gasteiger partial charge in [0.05, 0.1) is 15.7 Å². The number of anilines is 2. The lowest BCUT2D eigenvalue weighted by atomic mass is 10.3. The number of hydrogen-bond acceptors (Lipinski definition) is 3. The molecule has 1 N–H and O–H groups in total. The van der Waals surface area contributed by atoms with E-state index >= 15 is 0 Å². The molecule has 0 saturated carbocycles. The maximum Gasteiger partial charge on any atom is 0.175 e. The molecule has 0 aliphatic heterocycles. The van der Waals surface area contributed by atoms with Crippen LogP contribution in [0.15, 0.2) is 24.3 Å². The largest absolute Gasteiger partial charge is 0.353 e. The van der Waals surface area contributed by atoms with Gasteiger partial charge in [0.15, 0.2) is 10.3 Å². The lowest BCUT2D eigenvalue weighted by Gasteiger charge is -2.08. The van der Waals surface area contributed by atoms with Crippen LogP contribution in [-0.2, 0) is 0 Å². The van der Waals surface area contributed by atoms with Gasteiger partial charge in [-0.1, -0.05) is 46.4 Å². The summed E-state index contributed by atoms with van der Waals surface area (Å²) in [6.07, 6.45) is 0. The number of halogens is 4. The molecule has 0 atom stereocenters. The Morgan fingerprint density at radius 3 is 2.35 bits per heavy atom. The topological polar surface area (TPSA) is 37.8 Å². The molecule has 2 rings (SSSR count). The Balaban J connectivity index is 2.31. The molecule has 0 radical (unpaired) electrons. The minimum atomic E-state index is 0.223. The normalized spacial score (nSPS) is 10.4. The van der Waals surface area contributed by atoms with Crippen LogP contribution in [-0.4, -0.2) is 10.2 Å². The molecule has 88 valence electrons. The fraction of sp³-hybridized carbons (Fsp3) is 0. The van der Waals surface area contributed by atoms with E-state index in [-0.39, 0.29) is 10.3 Å². The van der Waals surface area contributed by atoms with E-state index in [1.54, 1.807) is 24.3 Å². The highest BCUT2D eigenvalue weighted by atomic mass is 35.5. The Morgan fingerprint density at radius 1 is 0.882 bits per heavy atom. The minimum Gasteiger partial charge on any atom is -0.353 e. The van der Waals surface area contributed by atoms with Gasteiger partial charge in [0.25, 0.3) is 0 Å². The van der Waals surface area contributed by atoms with E-state index in [1.807, 2.05) is 0 Å². The number of nitrogens with zero attached hydrogens (tertiary/aromatic N) is 2. The van der Waals surface area contributed by atoms with Gasteiger partial charge in [-0.05, 0) is 18.2 Å². The molecular weight excluding hydrogens is 304 g/mol. The maximum atomic E-state index is 5.89. The predicted octanol–water partition coefficient (Wildman–Crippen LogP) is 4.83. The van der Waals surface area contributed by atoms with E-state index in [0.717, 1.165) is 5.69 Å². The molecule has 0 saturated heterocycles. The maximum absolute atomic E-state index is 5.89. The second-order valence-corrected chi connectivity index (χ2v) is 4.69. The van der Waals surface area contributed by atoms with Crippen molar-refractivity contribution in [3.8, 4) is 0 Å². The Labute approximate surface area is 118 Å². The Morgan fingerprint density at radius 2 is 1.65 bits per heavy atom. The molecule has 17 heavy (non-hydrogen) atoms. The highest BCUT2D eigenvalue weighted by Crippen LogP contribution is 2.29. The minimum absolute atomic E-state index is 0.223. The molecule has 0 amide bonds. The second kappa shape index (κ2) is 5.27. The quantitative estimate of drug-likeness (QED) is 0.863. The summed E-state index contributed by atoms with van der Waals surface area (Å²) >= 11 is 23.3. The lowest BCUT2D eigenvalue weighted by molar-refractivity contribution is 1.03. The van der Waals surface area contributed by atoms with Crippen LogP contribution in [0.4, 0.5) is 11.4 Å². The first-order chi connectivity index (χ1) is 8.06. The molecule has 7 heteroatoms. The zero-order valence-electron chi connectivity index (χ0n) is 8.22. The van der Waals surface area contributed by atoms with Crippen molar-refractivity contribution in [2.24, 2.45) is 0 Å². The summed E-state index contributed by atoms with van der Waals surface area (Å²) in [5.74, 6) is 0. The van der Waals surface area contributed by atoms with Gasteiger partial charge >= 0.3 is 0 Å². The van der Waals surface area contributed by atoms with E-state index in [9.17, 15) is 0 Å². The third kappa shape index (κ3) is 3.13. The second-order valence-electron chi connectivity index (χ2n) is 3.13. The van der Waals surface area contributed by atoms with Gasteiger partial charge in [-0.25, -0.2) is 0 Å². The predicted molar refractivity (Wildman–Crippen MR) is 71.8 cm³/mol. The summed E-state index contributed by atoms with van der Waals surface area (Å²) in [6, 6.07) is 6.68. The summed E-state index contributed by atoms with van der Waals surface area (Å²) in [6.45, 7) is 0. The zero-order chi connectivity index (χ0) is 12.4. The van der Waals surface area contributed by atoms with Crippen LogP contribution in [0.1, 0.15) is 0 Å². The van der Waals surface area contributed by atoms with Crippen LogP contribution in [0.5, 0.6) is 0 Å². The third-order valence-electron chi connectivity index (χ3n) is 1.92. The van der Waals surface area contributed by atoms with Gasteiger partial charge in [-0.15, -0.1) is 10.2 Å². The highest BCUT2D eigenvalue weighted by molar-refractivity contribution is 6.42. The van der Waals surface area contributed by atoms with Crippen LogP contribution >= 0.6 is 46.4 Å². The molecule has 1 aromatic carbocycles. The first-order valence-corrected chi connectivity index (χ1v) is 5.98. The highest BCUT2D eigenvalue weighted by Gasteiger charge is 2.05. The summed E-state index contributed by atoms with van der Waals surface area (Å²) < 4.78 is 0. The Kier molecular flexibility index (Phi) is 3.94. The fourth-order valence-corrected chi connectivity index (χ4v) is 1.75. The Hall–Kier alpha value is -0.740. The number of rotatable bonds is 2. The average molecular weight is 309 g/mol. The summed E-state index contributed by atoms with van der Waals surface area (Å²) in [5, 5.41) is 11.7. The molecule has 1 aromatic heterocycles. The average Bonchev–Trinajstić information content (AvgIpc) is 2.29. The van der Waals surface area contributed by atoms with Gasteiger partial charge in [0.1, 0.15) is 0 Å². The summed E-state index contributed by atoms with van der Waals surface area (Å²) in [7, 11) is 0. The zero-order valence-corrected chi connectivity index (χ0v) is 11.2. The molecule has 3 nitrogen and oxygen atoms in total. The molecule has 0 unspecified atom stereocenters. The van der Waals surface area contributed by atoms with Crippen LogP contribution in [0.25, 0.3) is 0 Å². The first kappa shape index (κ1) is 12.7. The summed E-state index contributed by atoms with van der Waals surface area (Å²) in [5.41, 5.74) is 1.27. The Bertz CT molecular complexity index is 559. The molecule has 0 bridgehead atoms. The van der Waals surface area contributed by atoms with Gasteiger partial charge in [0, 0.05) is 11.8 Å². The monoisotopic (exact) mass is 307 g/mol. The van der Waals surface area contributed by atoms with E-state index < -0.39 is 0 Å². The molecule has 0 spiro atoms. The smallest absolute Gasteiger partial charge is 0.175 e. The molecular formula is C10H5Cl4N3. The van der Waals surface area contributed by atoms with Crippen molar-refractivity contribution >= 4 is 57.8 Å². The molecule has 0 aliphatic carbocycles. The summed E-state index contributed by atoms with van der Waals surface area (Å²) in [4.78, 5) is 0. The molecule has 0 aliphatic rings. The van der Waals surface area contributed by atoms with Crippen molar-refractivity contribution in [3.05, 3.63) is 44.6 Å². The number of aromatic nitrogens is 2. The van der Waals surface area contributed by atoms with E-state index in [0.29, 0.717) is 15.7 Å². The van der Waals surface area contributed by atoms with Crippen LogP contribution in [0.3, 0.4) is 0 Å². The van der Waals surface area contributed by atoms with Crippen molar-refractivity contribution in [1.82, 2.24) is 10.2 Å². The van der Waals surface area contributed by atoms with E-state index in [4.69, 9.17) is 46.4 Å². The third-order valence-corrected chi connectivity index (χ3v) is 3.12. The van der Waals surface area contributed by atoms with Crippen LogP contribution in [0.2, 0.25) is 20.4 Å². The van der Waals surface area contributed by atoms with Crippen molar-refractivity contribution in [1.29, 1.82) is 0 Å². The van der Waals surface area contributed by atoms with Crippen LogP contribution < -0.4 is 5.32 Å². The first-order valence-electron chi connectivity index (χ1n) is 4.47. The van der Waals surface area contributed by atoms with Gasteiger partial charge in [-0.3, -0.25) is 0 Å². The number of benzene rings is 1. The number of nitrogens with one attached hydrogen (secondary N) is 1. The van der Waals surface area contributed by atoms with Gasteiger partial charge in [0.2, 0.25) is 0 Å². The van der Waals surface area contributed by atoms with Crippen molar-refractivity contribution in [2.75, 3.05) is 5.32 Å². The number of hydrogen-bond donors (Lipinski definition) is 1. The van der Waals surface area contributed by atoms with Gasteiger partial charge in [-0.2, -0.15) is 0 Å². The fourth-order valence-electron chi connectivity index (χ4n) is 1.17.